The molecule has 0 radical (unpaired) electrons. The van der Waals surface area contributed by atoms with Crippen molar-refractivity contribution in [2.75, 3.05) is 13.1 Å². The van der Waals surface area contributed by atoms with Gasteiger partial charge in [-0.05, 0) is 45.7 Å². The average Bonchev–Trinajstić information content (AvgIpc) is 2.52. The zero-order chi connectivity index (χ0) is 19.3. The Labute approximate surface area is 160 Å². The summed E-state index contributed by atoms with van der Waals surface area (Å²) in [6, 6.07) is 3.52. The van der Waals surface area contributed by atoms with E-state index in [0.717, 1.165) is 17.9 Å². The van der Waals surface area contributed by atoms with Crippen LogP contribution in [-0.4, -0.2) is 51.9 Å². The number of nitrogens with one attached hydrogen (secondary N) is 1. The van der Waals surface area contributed by atoms with Crippen LogP contribution in [0.4, 0.5) is 4.79 Å². The predicted molar refractivity (Wildman–Crippen MR) is 104 cm³/mol. The SMILES string of the molecule is CC(C)Sc1ncccc1C(=O)N1CCC[C@H](NC(=O)OC(C)(C)C)C1. The van der Waals surface area contributed by atoms with Gasteiger partial charge in [-0.15, -0.1) is 11.8 Å². The van der Waals surface area contributed by atoms with E-state index in [1.54, 1.807) is 28.9 Å². The minimum atomic E-state index is -0.535. The normalized spacial score (nSPS) is 17.9. The Bertz CT molecular complexity index is 643. The maximum Gasteiger partial charge on any atom is 0.407 e. The Kier molecular flexibility index (Phi) is 6.92. The van der Waals surface area contributed by atoms with E-state index in [9.17, 15) is 9.59 Å². The van der Waals surface area contributed by atoms with Crippen LogP contribution in [0, 0.1) is 0 Å². The number of likely N-dealkylation sites (tertiary alicyclic amines) is 1. The average molecular weight is 380 g/mol. The fourth-order valence-corrected chi connectivity index (χ4v) is 3.65. The predicted octanol–water partition coefficient (Wildman–Crippen LogP) is 3.71. The van der Waals surface area contributed by atoms with Gasteiger partial charge in [0.25, 0.3) is 5.91 Å². The van der Waals surface area contributed by atoms with Gasteiger partial charge in [0.15, 0.2) is 0 Å². The molecule has 1 aliphatic rings. The Morgan fingerprint density at radius 3 is 2.77 bits per heavy atom. The summed E-state index contributed by atoms with van der Waals surface area (Å²) in [7, 11) is 0. The molecule has 0 spiro atoms. The Morgan fingerprint density at radius 2 is 2.12 bits per heavy atom. The van der Waals surface area contributed by atoms with Crippen molar-refractivity contribution >= 4 is 23.8 Å². The van der Waals surface area contributed by atoms with E-state index in [-0.39, 0.29) is 11.9 Å². The maximum atomic E-state index is 13.0. The first kappa shape index (κ1) is 20.6. The topological polar surface area (TPSA) is 71.5 Å². The second-order valence-electron chi connectivity index (χ2n) is 7.76. The summed E-state index contributed by atoms with van der Waals surface area (Å²) in [5, 5.41) is 3.99. The van der Waals surface area contributed by atoms with E-state index in [2.05, 4.69) is 24.1 Å². The number of thioether (sulfide) groups is 1. The number of carbonyl (C=O) groups excluding carboxylic acids is 2. The van der Waals surface area contributed by atoms with Gasteiger partial charge in [0.05, 0.1) is 5.56 Å². The summed E-state index contributed by atoms with van der Waals surface area (Å²) < 4.78 is 5.32. The van der Waals surface area contributed by atoms with Crippen molar-refractivity contribution in [2.45, 2.75) is 69.4 Å². The van der Waals surface area contributed by atoms with E-state index in [4.69, 9.17) is 4.74 Å². The quantitative estimate of drug-likeness (QED) is 0.808. The molecule has 1 N–H and O–H groups in total. The number of aromatic nitrogens is 1. The van der Waals surface area contributed by atoms with Crippen LogP contribution in [0.5, 0.6) is 0 Å². The van der Waals surface area contributed by atoms with Crippen LogP contribution in [0.1, 0.15) is 57.8 Å². The van der Waals surface area contributed by atoms with Crippen molar-refractivity contribution in [1.29, 1.82) is 0 Å². The molecule has 2 amide bonds. The van der Waals surface area contributed by atoms with E-state index >= 15 is 0 Å². The molecule has 26 heavy (non-hydrogen) atoms. The minimum Gasteiger partial charge on any atom is -0.444 e. The molecule has 0 unspecified atom stereocenters. The number of piperidine rings is 1. The molecule has 2 rings (SSSR count). The number of nitrogens with zero attached hydrogens (tertiary/aromatic N) is 2. The van der Waals surface area contributed by atoms with Gasteiger partial charge >= 0.3 is 6.09 Å². The third kappa shape index (κ3) is 6.20. The van der Waals surface area contributed by atoms with Gasteiger partial charge in [-0.2, -0.15) is 0 Å². The highest BCUT2D eigenvalue weighted by Gasteiger charge is 2.28. The third-order valence-corrected chi connectivity index (χ3v) is 4.80. The lowest BCUT2D eigenvalue weighted by Crippen LogP contribution is -2.50. The third-order valence-electron chi connectivity index (χ3n) is 3.78. The molecule has 1 fully saturated rings. The molecule has 1 saturated heterocycles. The molecule has 0 aliphatic carbocycles. The largest absolute Gasteiger partial charge is 0.444 e. The highest BCUT2D eigenvalue weighted by molar-refractivity contribution is 7.99. The summed E-state index contributed by atoms with van der Waals surface area (Å²) in [4.78, 5) is 31.2. The monoisotopic (exact) mass is 379 g/mol. The highest BCUT2D eigenvalue weighted by Crippen LogP contribution is 2.26. The van der Waals surface area contributed by atoms with Crippen LogP contribution in [0.15, 0.2) is 23.4 Å². The molecule has 0 aromatic carbocycles. The Balaban J connectivity index is 2.03. The van der Waals surface area contributed by atoms with Gasteiger partial charge in [-0.25, -0.2) is 9.78 Å². The van der Waals surface area contributed by atoms with E-state index in [1.807, 2.05) is 26.8 Å². The van der Waals surface area contributed by atoms with Crippen molar-refractivity contribution in [2.24, 2.45) is 0 Å². The van der Waals surface area contributed by atoms with E-state index in [1.165, 1.54) is 0 Å². The molecule has 6 nitrogen and oxygen atoms in total. The summed E-state index contributed by atoms with van der Waals surface area (Å²) in [5.41, 5.74) is 0.0940. The molecule has 1 aromatic heterocycles. The fraction of sp³-hybridized carbons (Fsp3) is 0.632. The van der Waals surface area contributed by atoms with Gasteiger partial charge in [-0.1, -0.05) is 13.8 Å². The molecular formula is C19H29N3O3S. The maximum absolute atomic E-state index is 13.0. The smallest absolute Gasteiger partial charge is 0.407 e. The van der Waals surface area contributed by atoms with E-state index < -0.39 is 11.7 Å². The molecule has 1 aromatic rings. The molecule has 0 saturated carbocycles. The lowest BCUT2D eigenvalue weighted by molar-refractivity contribution is 0.0451. The Morgan fingerprint density at radius 1 is 1.38 bits per heavy atom. The lowest BCUT2D eigenvalue weighted by Gasteiger charge is -2.34. The van der Waals surface area contributed by atoms with Crippen LogP contribution in [0.2, 0.25) is 0 Å². The standard InChI is InChI=1S/C19H29N3O3S/c1-13(2)26-16-15(9-6-10-20-16)17(23)22-11-7-8-14(12-22)21-18(24)25-19(3,4)5/h6,9-10,13-14H,7-8,11-12H2,1-5H3,(H,21,24)/t14-/m0/s1. The number of rotatable bonds is 4. The summed E-state index contributed by atoms with van der Waals surface area (Å²) in [6.45, 7) is 10.8. The van der Waals surface area contributed by atoms with Crippen LogP contribution in [-0.2, 0) is 4.74 Å². The van der Waals surface area contributed by atoms with Gasteiger partial charge in [0.1, 0.15) is 10.6 Å². The summed E-state index contributed by atoms with van der Waals surface area (Å²) in [5.74, 6) is -0.0306. The van der Waals surface area contributed by atoms with Crippen molar-refractivity contribution in [3.05, 3.63) is 23.9 Å². The highest BCUT2D eigenvalue weighted by atomic mass is 32.2. The number of alkyl carbamates (subject to hydrolysis) is 1. The van der Waals surface area contributed by atoms with Crippen molar-refractivity contribution in [3.8, 4) is 0 Å². The second kappa shape index (κ2) is 8.75. The van der Waals surface area contributed by atoms with Crippen LogP contribution < -0.4 is 5.32 Å². The minimum absolute atomic E-state index is 0.0306. The number of hydrogen-bond acceptors (Lipinski definition) is 5. The van der Waals surface area contributed by atoms with Gasteiger partial charge in [0, 0.05) is 30.6 Å². The molecule has 1 aliphatic heterocycles. The number of ether oxygens (including phenoxy) is 1. The number of pyridine rings is 1. The first-order valence-electron chi connectivity index (χ1n) is 9.06. The van der Waals surface area contributed by atoms with Gasteiger partial charge in [0.2, 0.25) is 0 Å². The number of hydrogen-bond donors (Lipinski definition) is 1. The second-order valence-corrected chi connectivity index (χ2v) is 9.32. The van der Waals surface area contributed by atoms with Crippen molar-refractivity contribution < 1.29 is 14.3 Å². The molecule has 144 valence electrons. The van der Waals surface area contributed by atoms with E-state index in [0.29, 0.717) is 23.9 Å². The van der Waals surface area contributed by atoms with Gasteiger partial charge in [-0.3, -0.25) is 4.79 Å². The first-order chi connectivity index (χ1) is 12.2. The fourth-order valence-electron chi connectivity index (χ4n) is 2.79. The van der Waals surface area contributed by atoms with Crippen molar-refractivity contribution in [3.63, 3.8) is 0 Å². The van der Waals surface area contributed by atoms with Crippen LogP contribution in [0.3, 0.4) is 0 Å². The molecular weight excluding hydrogens is 350 g/mol. The Hall–Kier alpha value is -1.76. The van der Waals surface area contributed by atoms with Crippen LogP contribution in [0.25, 0.3) is 0 Å². The van der Waals surface area contributed by atoms with Crippen molar-refractivity contribution in [1.82, 2.24) is 15.2 Å². The number of amides is 2. The zero-order valence-electron chi connectivity index (χ0n) is 16.2. The number of carbonyl (C=O) groups is 2. The molecule has 0 bridgehead atoms. The molecule has 2 heterocycles. The lowest BCUT2D eigenvalue weighted by atomic mass is 10.0. The molecule has 7 heteroatoms. The summed E-state index contributed by atoms with van der Waals surface area (Å²) in [6.07, 6.45) is 2.96. The zero-order valence-corrected chi connectivity index (χ0v) is 17.1. The molecule has 1 atom stereocenters. The summed E-state index contributed by atoms with van der Waals surface area (Å²) >= 11 is 1.59. The first-order valence-corrected chi connectivity index (χ1v) is 9.94. The van der Waals surface area contributed by atoms with Crippen LogP contribution >= 0.6 is 11.8 Å². The van der Waals surface area contributed by atoms with Gasteiger partial charge < -0.3 is 15.0 Å².